The van der Waals surface area contributed by atoms with Crippen LogP contribution in [0, 0.1) is 5.41 Å². The summed E-state index contributed by atoms with van der Waals surface area (Å²) in [4.78, 5) is 0.284. The van der Waals surface area contributed by atoms with Crippen molar-refractivity contribution in [3.63, 3.8) is 0 Å². The highest BCUT2D eigenvalue weighted by Crippen LogP contribution is 2.29. The molecule has 1 aromatic rings. The molecule has 0 radical (unpaired) electrons. The zero-order valence-corrected chi connectivity index (χ0v) is 14.5. The predicted molar refractivity (Wildman–Crippen MR) is 85.7 cm³/mol. The smallest absolute Gasteiger partial charge is 0.240 e. The first-order valence-corrected chi connectivity index (χ1v) is 9.20. The lowest BCUT2D eigenvalue weighted by molar-refractivity contribution is 0.0577. The van der Waals surface area contributed by atoms with Gasteiger partial charge in [-0.15, -0.1) is 0 Å². The van der Waals surface area contributed by atoms with Crippen molar-refractivity contribution in [3.05, 3.63) is 28.7 Å². The molecule has 2 rings (SSSR count). The number of hydrogen-bond acceptors (Lipinski definition) is 4. The van der Waals surface area contributed by atoms with Gasteiger partial charge in [-0.1, -0.05) is 15.9 Å². The van der Waals surface area contributed by atoms with Crippen LogP contribution in [0.1, 0.15) is 12.8 Å². The number of nitrogens with one attached hydrogen (secondary N) is 2. The van der Waals surface area contributed by atoms with Crippen molar-refractivity contribution in [1.82, 2.24) is 10.0 Å². The molecule has 1 heterocycles. The highest BCUT2D eigenvalue weighted by atomic mass is 79.9. The van der Waals surface area contributed by atoms with Gasteiger partial charge in [-0.05, 0) is 50.2 Å². The molecular formula is C14H21BrN2O3S. The van der Waals surface area contributed by atoms with Gasteiger partial charge in [-0.25, -0.2) is 13.1 Å². The first kappa shape index (κ1) is 16.9. The van der Waals surface area contributed by atoms with Gasteiger partial charge < -0.3 is 10.1 Å². The number of rotatable bonds is 6. The Hall–Kier alpha value is -0.470. The molecule has 1 aromatic carbocycles. The molecule has 0 atom stereocenters. The van der Waals surface area contributed by atoms with Gasteiger partial charge >= 0.3 is 0 Å². The van der Waals surface area contributed by atoms with Gasteiger partial charge in [0.15, 0.2) is 0 Å². The minimum absolute atomic E-state index is 0.123. The molecule has 2 N–H and O–H groups in total. The molecule has 1 saturated heterocycles. The van der Waals surface area contributed by atoms with Gasteiger partial charge in [0.1, 0.15) is 0 Å². The van der Waals surface area contributed by atoms with E-state index in [1.165, 1.54) is 0 Å². The number of sulfonamides is 1. The fraction of sp³-hybridized carbons (Fsp3) is 0.571. The van der Waals surface area contributed by atoms with Crippen LogP contribution in [0.3, 0.4) is 0 Å². The maximum absolute atomic E-state index is 12.3. The lowest BCUT2D eigenvalue weighted by Gasteiger charge is -2.37. The summed E-state index contributed by atoms with van der Waals surface area (Å²) in [6.07, 6.45) is 1.81. The van der Waals surface area contributed by atoms with Crippen LogP contribution in [0.15, 0.2) is 33.6 Å². The molecule has 0 amide bonds. The van der Waals surface area contributed by atoms with Crippen LogP contribution in [-0.4, -0.2) is 41.8 Å². The van der Waals surface area contributed by atoms with Crippen molar-refractivity contribution >= 4 is 26.0 Å². The van der Waals surface area contributed by atoms with E-state index in [4.69, 9.17) is 4.74 Å². The first-order chi connectivity index (χ1) is 9.97. The maximum atomic E-state index is 12.3. The lowest BCUT2D eigenvalue weighted by Crippen LogP contribution is -2.47. The molecular weight excluding hydrogens is 356 g/mol. The summed E-state index contributed by atoms with van der Waals surface area (Å²) < 4.78 is 33.6. The Kier molecular flexibility index (Phi) is 5.79. The zero-order chi connectivity index (χ0) is 15.3. The van der Waals surface area contributed by atoms with Gasteiger partial charge in [0, 0.05) is 23.5 Å². The highest BCUT2D eigenvalue weighted by Gasteiger charge is 2.33. The minimum Gasteiger partial charge on any atom is -0.384 e. The fourth-order valence-corrected chi connectivity index (χ4v) is 4.00. The normalized spacial score (nSPS) is 18.6. The van der Waals surface area contributed by atoms with Gasteiger partial charge in [0.05, 0.1) is 11.5 Å². The summed E-state index contributed by atoms with van der Waals surface area (Å²) in [6.45, 7) is 2.76. The molecule has 7 heteroatoms. The van der Waals surface area contributed by atoms with E-state index in [-0.39, 0.29) is 10.3 Å². The van der Waals surface area contributed by atoms with Crippen molar-refractivity contribution < 1.29 is 13.2 Å². The van der Waals surface area contributed by atoms with E-state index < -0.39 is 10.0 Å². The topological polar surface area (TPSA) is 67.4 Å². The summed E-state index contributed by atoms with van der Waals surface area (Å²) in [5.74, 6) is 0. The fourth-order valence-electron chi connectivity index (χ4n) is 2.58. The van der Waals surface area contributed by atoms with Crippen LogP contribution in [0.4, 0.5) is 0 Å². The Balaban J connectivity index is 2.07. The standard InChI is InChI=1S/C14H21BrN2O3S/c1-20-11-14(6-8-16-9-7-14)10-17-21(18,19)13-4-2-12(15)3-5-13/h2-5,16-17H,6-11H2,1H3. The molecule has 1 aliphatic rings. The molecule has 0 aromatic heterocycles. The number of ether oxygens (including phenoxy) is 1. The second-order valence-corrected chi connectivity index (χ2v) is 8.14. The van der Waals surface area contributed by atoms with Crippen molar-refractivity contribution in [2.24, 2.45) is 5.41 Å². The lowest BCUT2D eigenvalue weighted by atomic mass is 9.80. The molecule has 0 spiro atoms. The van der Waals surface area contributed by atoms with E-state index in [1.807, 2.05) is 0 Å². The van der Waals surface area contributed by atoms with Crippen molar-refractivity contribution in [1.29, 1.82) is 0 Å². The van der Waals surface area contributed by atoms with Crippen LogP contribution in [-0.2, 0) is 14.8 Å². The monoisotopic (exact) mass is 376 g/mol. The zero-order valence-electron chi connectivity index (χ0n) is 12.1. The maximum Gasteiger partial charge on any atom is 0.240 e. The van der Waals surface area contributed by atoms with Gasteiger partial charge in [-0.3, -0.25) is 0 Å². The molecule has 1 fully saturated rings. The van der Waals surface area contributed by atoms with Crippen LogP contribution >= 0.6 is 15.9 Å². The van der Waals surface area contributed by atoms with Crippen LogP contribution in [0.2, 0.25) is 0 Å². The van der Waals surface area contributed by atoms with Gasteiger partial charge in [0.25, 0.3) is 0 Å². The summed E-state index contributed by atoms with van der Waals surface area (Å²) >= 11 is 3.30. The van der Waals surface area contributed by atoms with Crippen molar-refractivity contribution in [2.75, 3.05) is 33.4 Å². The SMILES string of the molecule is COCC1(CNS(=O)(=O)c2ccc(Br)cc2)CCNCC1. The Labute approximate surface area is 134 Å². The average Bonchev–Trinajstić information content (AvgIpc) is 2.47. The Morgan fingerprint density at radius 1 is 1.29 bits per heavy atom. The Morgan fingerprint density at radius 3 is 2.48 bits per heavy atom. The van der Waals surface area contributed by atoms with Crippen molar-refractivity contribution in [3.8, 4) is 0 Å². The Bertz CT molecular complexity index is 549. The highest BCUT2D eigenvalue weighted by molar-refractivity contribution is 9.10. The molecule has 0 aliphatic carbocycles. The van der Waals surface area contributed by atoms with E-state index in [1.54, 1.807) is 31.4 Å². The second-order valence-electron chi connectivity index (χ2n) is 5.46. The molecule has 5 nitrogen and oxygen atoms in total. The minimum atomic E-state index is -3.48. The predicted octanol–water partition coefficient (Wildman–Crippen LogP) is 1.74. The summed E-state index contributed by atoms with van der Waals surface area (Å²) in [6, 6.07) is 6.64. The summed E-state index contributed by atoms with van der Waals surface area (Å²) in [7, 11) is -1.82. The van der Waals surface area contributed by atoms with E-state index in [0.29, 0.717) is 13.2 Å². The third-order valence-electron chi connectivity index (χ3n) is 3.88. The van der Waals surface area contributed by atoms with E-state index in [0.717, 1.165) is 30.4 Å². The molecule has 0 bridgehead atoms. The van der Waals surface area contributed by atoms with E-state index in [9.17, 15) is 8.42 Å². The third kappa shape index (κ3) is 4.50. The number of piperidine rings is 1. The molecule has 0 saturated carbocycles. The van der Waals surface area contributed by atoms with Crippen LogP contribution in [0.5, 0.6) is 0 Å². The number of halogens is 1. The first-order valence-electron chi connectivity index (χ1n) is 6.92. The second kappa shape index (κ2) is 7.19. The van der Waals surface area contributed by atoms with Gasteiger partial charge in [-0.2, -0.15) is 0 Å². The largest absolute Gasteiger partial charge is 0.384 e. The van der Waals surface area contributed by atoms with E-state index >= 15 is 0 Å². The average molecular weight is 377 g/mol. The number of hydrogen-bond donors (Lipinski definition) is 2. The quantitative estimate of drug-likeness (QED) is 0.793. The molecule has 118 valence electrons. The number of benzene rings is 1. The summed E-state index contributed by atoms with van der Waals surface area (Å²) in [5.41, 5.74) is -0.123. The molecule has 1 aliphatic heterocycles. The number of methoxy groups -OCH3 is 1. The van der Waals surface area contributed by atoms with Crippen molar-refractivity contribution in [2.45, 2.75) is 17.7 Å². The molecule has 0 unspecified atom stereocenters. The molecule has 21 heavy (non-hydrogen) atoms. The van der Waals surface area contributed by atoms with E-state index in [2.05, 4.69) is 26.0 Å². The van der Waals surface area contributed by atoms with Gasteiger partial charge in [0.2, 0.25) is 10.0 Å². The Morgan fingerprint density at radius 2 is 1.90 bits per heavy atom. The van der Waals surface area contributed by atoms with Crippen LogP contribution in [0.25, 0.3) is 0 Å². The summed E-state index contributed by atoms with van der Waals surface area (Å²) in [5, 5.41) is 3.29. The third-order valence-corrected chi connectivity index (χ3v) is 5.82. The van der Waals surface area contributed by atoms with Crippen LogP contribution < -0.4 is 10.0 Å².